The second-order valence-electron chi connectivity index (χ2n) is 7.99. The lowest BCUT2D eigenvalue weighted by atomic mass is 9.95. The average Bonchev–Trinajstić information content (AvgIpc) is 2.69. The van der Waals surface area contributed by atoms with Crippen molar-refractivity contribution in [3.63, 3.8) is 0 Å². The zero-order valence-corrected chi connectivity index (χ0v) is 19.2. The van der Waals surface area contributed by atoms with Crippen molar-refractivity contribution < 1.29 is 14.3 Å². The lowest BCUT2D eigenvalue weighted by Crippen LogP contribution is -2.34. The van der Waals surface area contributed by atoms with E-state index in [1.807, 2.05) is 45.0 Å². The van der Waals surface area contributed by atoms with Crippen molar-refractivity contribution in [2.45, 2.75) is 40.2 Å². The maximum Gasteiger partial charge on any atom is 0.315 e. The van der Waals surface area contributed by atoms with Crippen LogP contribution in [0.1, 0.15) is 44.7 Å². The summed E-state index contributed by atoms with van der Waals surface area (Å²) in [6, 6.07) is 12.8. The zero-order chi connectivity index (χ0) is 22.3. The fourth-order valence-electron chi connectivity index (χ4n) is 2.72. The van der Waals surface area contributed by atoms with Crippen LogP contribution in [0.2, 0.25) is 10.0 Å². The number of anilines is 1. The highest BCUT2D eigenvalue weighted by atomic mass is 35.5. The fourth-order valence-corrected chi connectivity index (χ4v) is 3.02. The Labute approximate surface area is 188 Å². The molecule has 162 valence electrons. The molecule has 5 nitrogen and oxygen atoms in total. The number of hydrogen-bond acceptors (Lipinski definition) is 4. The van der Waals surface area contributed by atoms with Gasteiger partial charge in [0.25, 0.3) is 0 Å². The average molecular weight is 451 g/mol. The molecular weight excluding hydrogens is 423 g/mol. The van der Waals surface area contributed by atoms with Gasteiger partial charge >= 0.3 is 5.97 Å². The highest BCUT2D eigenvalue weighted by Gasteiger charge is 2.23. The van der Waals surface area contributed by atoms with E-state index in [2.05, 4.69) is 10.6 Å². The predicted molar refractivity (Wildman–Crippen MR) is 122 cm³/mol. The highest BCUT2D eigenvalue weighted by Crippen LogP contribution is 2.28. The number of esters is 1. The zero-order valence-electron chi connectivity index (χ0n) is 17.7. The predicted octanol–water partition coefficient (Wildman–Crippen LogP) is 5.41. The standard InChI is InChI=1S/C23H28Cl2N2O3/c1-5-30-21(28)18(16-8-11-19(24)20(25)12-16)14-26-17-9-6-15(7-10-17)13-27-22(29)23(2,3)4/h6-12,18,26H,5,13-14H2,1-4H3,(H,27,29). The van der Waals surface area contributed by atoms with Crippen LogP contribution in [-0.4, -0.2) is 25.0 Å². The number of ether oxygens (including phenoxy) is 1. The quantitative estimate of drug-likeness (QED) is 0.527. The SMILES string of the molecule is CCOC(=O)C(CNc1ccc(CNC(=O)C(C)(C)C)cc1)c1ccc(Cl)c(Cl)c1. The van der Waals surface area contributed by atoms with E-state index in [4.69, 9.17) is 27.9 Å². The molecule has 1 atom stereocenters. The summed E-state index contributed by atoms with van der Waals surface area (Å²) in [5.41, 5.74) is 2.16. The molecule has 0 spiro atoms. The Balaban J connectivity index is 2.03. The van der Waals surface area contributed by atoms with Gasteiger partial charge in [-0.05, 0) is 42.3 Å². The molecule has 0 radical (unpaired) electrons. The Kier molecular flexibility index (Phi) is 8.56. The van der Waals surface area contributed by atoms with Crippen molar-refractivity contribution in [3.05, 3.63) is 63.6 Å². The van der Waals surface area contributed by atoms with Gasteiger partial charge in [-0.3, -0.25) is 9.59 Å². The van der Waals surface area contributed by atoms with Gasteiger partial charge in [0, 0.05) is 24.2 Å². The highest BCUT2D eigenvalue weighted by molar-refractivity contribution is 6.42. The Hall–Kier alpha value is -2.24. The van der Waals surface area contributed by atoms with E-state index in [1.54, 1.807) is 25.1 Å². The molecule has 0 aromatic heterocycles. The number of carbonyl (C=O) groups is 2. The van der Waals surface area contributed by atoms with Crippen molar-refractivity contribution in [2.75, 3.05) is 18.5 Å². The van der Waals surface area contributed by atoms with Crippen LogP contribution in [0.15, 0.2) is 42.5 Å². The van der Waals surface area contributed by atoms with Crippen LogP contribution in [0.5, 0.6) is 0 Å². The minimum atomic E-state index is -0.523. The van der Waals surface area contributed by atoms with Crippen LogP contribution < -0.4 is 10.6 Å². The minimum absolute atomic E-state index is 0.00334. The number of halogens is 2. The third-order valence-electron chi connectivity index (χ3n) is 4.52. The summed E-state index contributed by atoms with van der Waals surface area (Å²) in [7, 11) is 0. The van der Waals surface area contributed by atoms with Crippen molar-refractivity contribution in [1.82, 2.24) is 5.32 Å². The lowest BCUT2D eigenvalue weighted by molar-refractivity contribution is -0.144. The first-order valence-electron chi connectivity index (χ1n) is 9.84. The molecule has 0 saturated carbocycles. The molecule has 0 fully saturated rings. The molecule has 0 aliphatic carbocycles. The van der Waals surface area contributed by atoms with Crippen LogP contribution in [-0.2, 0) is 20.9 Å². The molecule has 1 unspecified atom stereocenters. The van der Waals surface area contributed by atoms with E-state index in [0.717, 1.165) is 16.8 Å². The summed E-state index contributed by atoms with van der Waals surface area (Å²) in [4.78, 5) is 24.5. The molecular formula is C23H28Cl2N2O3. The second-order valence-corrected chi connectivity index (χ2v) is 8.80. The number of rotatable bonds is 8. The maximum absolute atomic E-state index is 12.5. The Morgan fingerprint density at radius 2 is 1.70 bits per heavy atom. The molecule has 2 N–H and O–H groups in total. The molecule has 7 heteroatoms. The Bertz CT molecular complexity index is 877. The van der Waals surface area contributed by atoms with E-state index < -0.39 is 11.3 Å². The summed E-state index contributed by atoms with van der Waals surface area (Å²) in [5, 5.41) is 7.02. The van der Waals surface area contributed by atoms with Crippen LogP contribution in [0, 0.1) is 5.41 Å². The third kappa shape index (κ3) is 6.92. The summed E-state index contributed by atoms with van der Waals surface area (Å²) >= 11 is 12.1. The summed E-state index contributed by atoms with van der Waals surface area (Å²) in [5.74, 6) is -0.848. The molecule has 2 rings (SSSR count). The second kappa shape index (κ2) is 10.7. The Morgan fingerprint density at radius 3 is 2.27 bits per heavy atom. The van der Waals surface area contributed by atoms with Gasteiger partial charge in [0.15, 0.2) is 0 Å². The summed E-state index contributed by atoms with van der Waals surface area (Å²) < 4.78 is 5.22. The molecule has 30 heavy (non-hydrogen) atoms. The summed E-state index contributed by atoms with van der Waals surface area (Å²) in [6.07, 6.45) is 0. The van der Waals surface area contributed by atoms with Crippen LogP contribution in [0.3, 0.4) is 0 Å². The smallest absolute Gasteiger partial charge is 0.315 e. The van der Waals surface area contributed by atoms with Gasteiger partial charge in [0.2, 0.25) is 5.91 Å². The van der Waals surface area contributed by atoms with E-state index in [1.165, 1.54) is 0 Å². The third-order valence-corrected chi connectivity index (χ3v) is 5.25. The first kappa shape index (κ1) is 24.0. The van der Waals surface area contributed by atoms with Gasteiger partial charge in [0.05, 0.1) is 22.6 Å². The van der Waals surface area contributed by atoms with Crippen LogP contribution >= 0.6 is 23.2 Å². The largest absolute Gasteiger partial charge is 0.465 e. The first-order chi connectivity index (χ1) is 14.1. The topological polar surface area (TPSA) is 67.4 Å². The van der Waals surface area contributed by atoms with Crippen molar-refractivity contribution in [2.24, 2.45) is 5.41 Å². The van der Waals surface area contributed by atoms with Gasteiger partial charge < -0.3 is 15.4 Å². The summed E-state index contributed by atoms with van der Waals surface area (Å²) in [6.45, 7) is 8.51. The number of carbonyl (C=O) groups excluding carboxylic acids is 2. The van der Waals surface area contributed by atoms with Crippen LogP contribution in [0.4, 0.5) is 5.69 Å². The van der Waals surface area contributed by atoms with E-state index >= 15 is 0 Å². The Morgan fingerprint density at radius 1 is 1.03 bits per heavy atom. The molecule has 0 bridgehead atoms. The van der Waals surface area contributed by atoms with Crippen molar-refractivity contribution >= 4 is 40.8 Å². The van der Waals surface area contributed by atoms with Gasteiger partial charge in [0.1, 0.15) is 0 Å². The van der Waals surface area contributed by atoms with Crippen LogP contribution in [0.25, 0.3) is 0 Å². The van der Waals surface area contributed by atoms with Crippen molar-refractivity contribution in [3.8, 4) is 0 Å². The number of amides is 1. The maximum atomic E-state index is 12.5. The first-order valence-corrected chi connectivity index (χ1v) is 10.6. The molecule has 2 aromatic carbocycles. The fraction of sp³-hybridized carbons (Fsp3) is 0.391. The van der Waals surface area contributed by atoms with E-state index in [0.29, 0.717) is 29.7 Å². The van der Waals surface area contributed by atoms with Gasteiger partial charge in [-0.2, -0.15) is 0 Å². The molecule has 0 heterocycles. The van der Waals surface area contributed by atoms with Gasteiger partial charge in [-0.1, -0.05) is 62.2 Å². The molecule has 0 saturated heterocycles. The number of hydrogen-bond donors (Lipinski definition) is 2. The number of benzene rings is 2. The molecule has 2 aromatic rings. The monoisotopic (exact) mass is 450 g/mol. The molecule has 1 amide bonds. The minimum Gasteiger partial charge on any atom is -0.465 e. The van der Waals surface area contributed by atoms with Gasteiger partial charge in [-0.25, -0.2) is 0 Å². The number of nitrogens with one attached hydrogen (secondary N) is 2. The van der Waals surface area contributed by atoms with Crippen molar-refractivity contribution in [1.29, 1.82) is 0 Å². The normalized spacial score (nSPS) is 12.2. The van der Waals surface area contributed by atoms with Gasteiger partial charge in [-0.15, -0.1) is 0 Å². The lowest BCUT2D eigenvalue weighted by Gasteiger charge is -2.19. The van der Waals surface area contributed by atoms with E-state index in [-0.39, 0.29) is 11.9 Å². The van der Waals surface area contributed by atoms with E-state index in [9.17, 15) is 9.59 Å². The molecule has 0 aliphatic heterocycles. The molecule has 0 aliphatic rings.